The van der Waals surface area contributed by atoms with Gasteiger partial charge in [0.1, 0.15) is 24.6 Å². The van der Waals surface area contributed by atoms with Crippen LogP contribution in [0.25, 0.3) is 0 Å². The number of hydrogen-bond donors (Lipinski definition) is 2. The van der Waals surface area contributed by atoms with Gasteiger partial charge in [-0.2, -0.15) is 0 Å². The second-order valence-electron chi connectivity index (χ2n) is 5.81. The highest BCUT2D eigenvalue weighted by molar-refractivity contribution is 7.14. The van der Waals surface area contributed by atoms with Crippen molar-refractivity contribution in [2.24, 2.45) is 10.3 Å². The van der Waals surface area contributed by atoms with Gasteiger partial charge in [0, 0.05) is 10.8 Å². The average Bonchev–Trinajstić information content (AvgIpc) is 3.44. The molecule has 0 radical (unpaired) electrons. The van der Waals surface area contributed by atoms with Crippen LogP contribution in [0, 0.1) is 0 Å². The summed E-state index contributed by atoms with van der Waals surface area (Å²) in [5, 5.41) is 16.0. The largest absolute Gasteiger partial charge is 0.461 e. The molecule has 2 rings (SSSR count). The maximum absolute atomic E-state index is 12.4. The van der Waals surface area contributed by atoms with Gasteiger partial charge in [-0.05, 0) is 27.7 Å². The van der Waals surface area contributed by atoms with Crippen LogP contribution in [-0.2, 0) is 28.7 Å². The van der Waals surface area contributed by atoms with Crippen LogP contribution in [0.1, 0.15) is 39.1 Å². The zero-order valence-electron chi connectivity index (χ0n) is 18.9. The molecular weight excluding hydrogens is 488 g/mol. The smallest absolute Gasteiger partial charge is 0.362 e. The summed E-state index contributed by atoms with van der Waals surface area (Å²) in [7, 11) is 0. The summed E-state index contributed by atoms with van der Waals surface area (Å²) in [6, 6.07) is -0.638. The third-order valence-corrected chi connectivity index (χ3v) is 4.96. The molecule has 34 heavy (non-hydrogen) atoms. The summed E-state index contributed by atoms with van der Waals surface area (Å²) in [4.78, 5) is 54.9. The fraction of sp³-hybridized carbons (Fsp3) is 0.421. The number of anilines is 2. The van der Waals surface area contributed by atoms with Gasteiger partial charge in [0.05, 0.1) is 13.2 Å². The van der Waals surface area contributed by atoms with E-state index in [1.807, 2.05) is 0 Å². The Balaban J connectivity index is 2.08. The normalized spacial score (nSPS) is 11.5. The lowest BCUT2D eigenvalue weighted by atomic mass is 10.3. The highest BCUT2D eigenvalue weighted by atomic mass is 32.1. The van der Waals surface area contributed by atoms with Gasteiger partial charge in [-0.3, -0.25) is 10.6 Å². The lowest BCUT2D eigenvalue weighted by Gasteiger charge is -2.04. The van der Waals surface area contributed by atoms with E-state index in [1.54, 1.807) is 27.7 Å². The number of urea groups is 1. The van der Waals surface area contributed by atoms with Gasteiger partial charge in [0.25, 0.3) is 0 Å². The predicted octanol–water partition coefficient (Wildman–Crippen LogP) is 2.85. The minimum atomic E-state index is -0.696. The summed E-state index contributed by atoms with van der Waals surface area (Å²) in [5.41, 5.74) is 0.154. The lowest BCUT2D eigenvalue weighted by Crippen LogP contribution is -2.22. The van der Waals surface area contributed by atoms with Crippen molar-refractivity contribution >= 4 is 62.3 Å². The molecule has 0 aromatic carbocycles. The van der Waals surface area contributed by atoms with Crippen LogP contribution in [0.15, 0.2) is 21.1 Å². The van der Waals surface area contributed by atoms with Crippen LogP contribution in [0.2, 0.25) is 0 Å². The number of amides is 2. The zero-order valence-corrected chi connectivity index (χ0v) is 20.6. The van der Waals surface area contributed by atoms with Gasteiger partial charge in [-0.15, -0.1) is 22.7 Å². The average molecular weight is 513 g/mol. The van der Waals surface area contributed by atoms with E-state index in [9.17, 15) is 14.4 Å². The van der Waals surface area contributed by atoms with Crippen LogP contribution in [0.3, 0.4) is 0 Å². The first-order valence-electron chi connectivity index (χ1n) is 10.2. The van der Waals surface area contributed by atoms with E-state index in [0.717, 1.165) is 22.7 Å². The van der Waals surface area contributed by atoms with Crippen LogP contribution < -0.4 is 10.6 Å². The fourth-order valence-electron chi connectivity index (χ4n) is 2.14. The second-order valence-corrected chi connectivity index (χ2v) is 7.53. The van der Waals surface area contributed by atoms with E-state index < -0.39 is 18.0 Å². The van der Waals surface area contributed by atoms with Gasteiger partial charge in [0.2, 0.25) is 11.4 Å². The number of carbonyl (C=O) groups excluding carboxylic acids is 3. The van der Waals surface area contributed by atoms with Gasteiger partial charge in [-0.1, -0.05) is 10.3 Å². The molecule has 0 saturated carbocycles. The van der Waals surface area contributed by atoms with Crippen molar-refractivity contribution < 1.29 is 33.5 Å². The van der Waals surface area contributed by atoms with E-state index in [1.165, 1.54) is 10.8 Å². The number of oxime groups is 2. The molecule has 0 bridgehead atoms. The van der Waals surface area contributed by atoms with Crippen LogP contribution in [-0.4, -0.2) is 65.8 Å². The first kappa shape index (κ1) is 26.7. The quantitative estimate of drug-likeness (QED) is 0.247. The zero-order chi connectivity index (χ0) is 24.9. The van der Waals surface area contributed by atoms with E-state index in [-0.39, 0.29) is 59.5 Å². The highest BCUT2D eigenvalue weighted by Crippen LogP contribution is 2.20. The number of esters is 2. The van der Waals surface area contributed by atoms with E-state index in [0.29, 0.717) is 0 Å². The lowest BCUT2D eigenvalue weighted by molar-refractivity contribution is -0.136. The first-order valence-corrected chi connectivity index (χ1v) is 11.9. The topological polar surface area (TPSA) is 163 Å². The van der Waals surface area contributed by atoms with Crippen molar-refractivity contribution in [2.75, 3.05) is 37.1 Å². The molecule has 0 aliphatic carbocycles. The Morgan fingerprint density at radius 2 is 1.18 bits per heavy atom. The molecule has 0 aliphatic rings. The van der Waals surface area contributed by atoms with Gasteiger partial charge < -0.3 is 19.1 Å². The molecule has 2 amide bonds. The van der Waals surface area contributed by atoms with E-state index in [2.05, 4.69) is 30.9 Å². The Labute approximate surface area is 203 Å². The minimum absolute atomic E-state index is 0.113. The Hall–Kier alpha value is -3.59. The second kappa shape index (κ2) is 13.8. The summed E-state index contributed by atoms with van der Waals surface area (Å²) in [5.74, 6) is -1.39. The number of nitrogens with zero attached hydrogens (tertiary/aromatic N) is 4. The maximum Gasteiger partial charge on any atom is 0.362 e. The Bertz CT molecular complexity index is 969. The monoisotopic (exact) mass is 512 g/mol. The minimum Gasteiger partial charge on any atom is -0.461 e. The van der Waals surface area contributed by atoms with Crippen LogP contribution in [0.4, 0.5) is 15.1 Å². The fourth-order valence-corrected chi connectivity index (χ4v) is 3.52. The van der Waals surface area contributed by atoms with Gasteiger partial charge in [0.15, 0.2) is 10.3 Å². The van der Waals surface area contributed by atoms with Crippen molar-refractivity contribution in [1.29, 1.82) is 0 Å². The van der Waals surface area contributed by atoms with E-state index >= 15 is 0 Å². The molecule has 2 aromatic rings. The number of aromatic nitrogens is 2. The van der Waals surface area contributed by atoms with Crippen molar-refractivity contribution in [3.05, 3.63) is 22.1 Å². The molecule has 0 saturated heterocycles. The molecule has 184 valence electrons. The molecule has 0 aliphatic heterocycles. The summed E-state index contributed by atoms with van der Waals surface area (Å²) in [6.07, 6.45) is 0. The van der Waals surface area contributed by atoms with Gasteiger partial charge >= 0.3 is 18.0 Å². The number of carbonyl (C=O) groups is 3. The Kier molecular flexibility index (Phi) is 10.9. The molecule has 15 heteroatoms. The maximum atomic E-state index is 12.4. The SMILES string of the molecule is CCON=C(C(=O)OCC)c1csc(NC(=O)Nc2nc(C(=NOCC)C(=O)OCC)cs2)n1. The predicted molar refractivity (Wildman–Crippen MR) is 126 cm³/mol. The molecule has 2 aromatic heterocycles. The van der Waals surface area contributed by atoms with Crippen molar-refractivity contribution in [3.8, 4) is 0 Å². The molecule has 2 N–H and O–H groups in total. The standard InChI is InChI=1S/C19H24N6O7S2/c1-5-29-15(26)13(24-31-7-3)11-9-33-18(20-11)22-17(28)23-19-21-12(10-34-19)14(25-32-8-4)16(27)30-6-2/h9-10H,5-8H2,1-4H3,(H2,20,21,22,23,28). The first-order chi connectivity index (χ1) is 16.4. The van der Waals surface area contributed by atoms with Gasteiger partial charge in [-0.25, -0.2) is 24.4 Å². The number of thiazole rings is 2. The van der Waals surface area contributed by atoms with Crippen LogP contribution >= 0.6 is 22.7 Å². The van der Waals surface area contributed by atoms with Crippen LogP contribution in [0.5, 0.6) is 0 Å². The van der Waals surface area contributed by atoms with Crippen molar-refractivity contribution in [1.82, 2.24) is 9.97 Å². The Morgan fingerprint density at radius 1 is 0.765 bits per heavy atom. The molecule has 0 spiro atoms. The van der Waals surface area contributed by atoms with E-state index in [4.69, 9.17) is 19.1 Å². The third kappa shape index (κ3) is 7.77. The highest BCUT2D eigenvalue weighted by Gasteiger charge is 2.22. The summed E-state index contributed by atoms with van der Waals surface area (Å²) >= 11 is 2.15. The molecule has 2 heterocycles. The van der Waals surface area contributed by atoms with Crippen molar-refractivity contribution in [3.63, 3.8) is 0 Å². The Morgan fingerprint density at radius 3 is 1.53 bits per heavy atom. The molecule has 0 fully saturated rings. The number of hydrogen-bond acceptors (Lipinski definition) is 13. The number of nitrogens with one attached hydrogen (secondary N) is 2. The molecule has 13 nitrogen and oxygen atoms in total. The molecule has 0 atom stereocenters. The van der Waals surface area contributed by atoms with Crippen molar-refractivity contribution in [2.45, 2.75) is 27.7 Å². The summed E-state index contributed by atoms with van der Waals surface area (Å²) < 4.78 is 9.92. The molecular formula is C19H24N6O7S2. The third-order valence-electron chi connectivity index (χ3n) is 3.44. The summed E-state index contributed by atoms with van der Waals surface area (Å²) in [6.45, 7) is 7.58. The molecule has 0 unspecified atom stereocenters. The number of ether oxygens (including phenoxy) is 2. The number of rotatable bonds is 12.